The number of carbonyl (C=O) groups excluding carboxylic acids is 1. The number of carbonyl (C=O) groups is 1. The number of benzene rings is 1. The summed E-state index contributed by atoms with van der Waals surface area (Å²) in [5.41, 5.74) is 2.63. The van der Waals surface area contributed by atoms with Crippen molar-refractivity contribution in [1.29, 1.82) is 0 Å². The van der Waals surface area contributed by atoms with E-state index in [2.05, 4.69) is 62.6 Å². The normalized spacial score (nSPS) is 11.1. The second kappa shape index (κ2) is 6.43. The van der Waals surface area contributed by atoms with Crippen LogP contribution in [0.4, 0.5) is 4.79 Å². The fourth-order valence-corrected chi connectivity index (χ4v) is 1.48. The van der Waals surface area contributed by atoms with Gasteiger partial charge in [-0.2, -0.15) is 0 Å². The van der Waals surface area contributed by atoms with Gasteiger partial charge in [0.2, 0.25) is 0 Å². The Labute approximate surface area is 110 Å². The molecular formula is C15H24N2O. The Morgan fingerprint density at radius 2 is 1.72 bits per heavy atom. The SMILES string of the molecule is Cc1ccc(CCNC(=O)NCC(C)(C)C)cc1. The van der Waals surface area contributed by atoms with E-state index in [0.717, 1.165) is 6.42 Å². The predicted molar refractivity (Wildman–Crippen MR) is 75.7 cm³/mol. The molecule has 0 aliphatic heterocycles. The lowest BCUT2D eigenvalue weighted by Gasteiger charge is -2.18. The van der Waals surface area contributed by atoms with E-state index in [0.29, 0.717) is 13.1 Å². The molecule has 0 radical (unpaired) electrons. The molecule has 0 atom stereocenters. The first kappa shape index (κ1) is 14.6. The molecule has 2 amide bonds. The standard InChI is InChI=1S/C15H24N2O/c1-12-5-7-13(8-6-12)9-10-16-14(18)17-11-15(2,3)4/h5-8H,9-11H2,1-4H3,(H2,16,17,18). The van der Waals surface area contributed by atoms with Crippen molar-refractivity contribution >= 4 is 6.03 Å². The summed E-state index contributed by atoms with van der Waals surface area (Å²) in [6.45, 7) is 9.71. The van der Waals surface area contributed by atoms with Crippen LogP contribution in [0.5, 0.6) is 0 Å². The van der Waals surface area contributed by atoms with Gasteiger partial charge in [-0.05, 0) is 24.3 Å². The number of nitrogens with one attached hydrogen (secondary N) is 2. The van der Waals surface area contributed by atoms with Crippen molar-refractivity contribution < 1.29 is 4.79 Å². The highest BCUT2D eigenvalue weighted by atomic mass is 16.2. The van der Waals surface area contributed by atoms with E-state index in [1.807, 2.05) is 0 Å². The summed E-state index contributed by atoms with van der Waals surface area (Å²) < 4.78 is 0. The topological polar surface area (TPSA) is 41.1 Å². The van der Waals surface area contributed by atoms with Crippen molar-refractivity contribution in [1.82, 2.24) is 10.6 Å². The highest BCUT2D eigenvalue weighted by molar-refractivity contribution is 5.73. The van der Waals surface area contributed by atoms with Gasteiger partial charge in [0, 0.05) is 13.1 Å². The zero-order chi connectivity index (χ0) is 13.6. The van der Waals surface area contributed by atoms with Gasteiger partial charge in [0.1, 0.15) is 0 Å². The van der Waals surface area contributed by atoms with Crippen molar-refractivity contribution in [2.24, 2.45) is 5.41 Å². The third kappa shape index (κ3) is 6.28. The Morgan fingerprint density at radius 3 is 2.28 bits per heavy atom. The quantitative estimate of drug-likeness (QED) is 0.845. The van der Waals surface area contributed by atoms with E-state index in [1.54, 1.807) is 0 Å². The number of hydrogen-bond acceptors (Lipinski definition) is 1. The van der Waals surface area contributed by atoms with Crippen molar-refractivity contribution in [2.45, 2.75) is 34.1 Å². The van der Waals surface area contributed by atoms with Gasteiger partial charge in [-0.25, -0.2) is 4.79 Å². The van der Waals surface area contributed by atoms with Crippen molar-refractivity contribution in [3.8, 4) is 0 Å². The summed E-state index contributed by atoms with van der Waals surface area (Å²) in [4.78, 5) is 11.5. The first-order valence-electron chi connectivity index (χ1n) is 6.44. The maximum Gasteiger partial charge on any atom is 0.314 e. The highest BCUT2D eigenvalue weighted by Gasteiger charge is 2.11. The second-order valence-electron chi connectivity index (χ2n) is 5.91. The third-order valence-corrected chi connectivity index (χ3v) is 2.60. The molecule has 1 aromatic carbocycles. The molecule has 100 valence electrons. The van der Waals surface area contributed by atoms with Gasteiger partial charge in [-0.1, -0.05) is 50.6 Å². The molecule has 0 aromatic heterocycles. The van der Waals surface area contributed by atoms with Crippen LogP contribution in [0.25, 0.3) is 0 Å². The molecule has 3 nitrogen and oxygen atoms in total. The van der Waals surface area contributed by atoms with Gasteiger partial charge in [0.25, 0.3) is 0 Å². The smallest absolute Gasteiger partial charge is 0.314 e. The summed E-state index contributed by atoms with van der Waals surface area (Å²) in [7, 11) is 0. The lowest BCUT2D eigenvalue weighted by atomic mass is 9.97. The molecule has 18 heavy (non-hydrogen) atoms. The van der Waals surface area contributed by atoms with E-state index in [4.69, 9.17) is 0 Å². The molecule has 0 aliphatic carbocycles. The average molecular weight is 248 g/mol. The number of amides is 2. The zero-order valence-corrected chi connectivity index (χ0v) is 11.8. The summed E-state index contributed by atoms with van der Waals surface area (Å²) in [6, 6.07) is 8.30. The Morgan fingerprint density at radius 1 is 1.11 bits per heavy atom. The molecule has 0 aliphatic rings. The Bertz CT molecular complexity index is 376. The van der Waals surface area contributed by atoms with Crippen LogP contribution in [-0.4, -0.2) is 19.1 Å². The molecule has 0 saturated carbocycles. The van der Waals surface area contributed by atoms with Crippen LogP contribution in [0.3, 0.4) is 0 Å². The second-order valence-corrected chi connectivity index (χ2v) is 5.91. The highest BCUT2D eigenvalue weighted by Crippen LogP contribution is 2.09. The summed E-state index contributed by atoms with van der Waals surface area (Å²) in [5, 5.41) is 5.74. The third-order valence-electron chi connectivity index (χ3n) is 2.60. The van der Waals surface area contributed by atoms with Gasteiger partial charge >= 0.3 is 6.03 Å². The van der Waals surface area contributed by atoms with E-state index in [-0.39, 0.29) is 11.4 Å². The maximum absolute atomic E-state index is 11.5. The lowest BCUT2D eigenvalue weighted by molar-refractivity contribution is 0.235. The van der Waals surface area contributed by atoms with Crippen LogP contribution in [-0.2, 0) is 6.42 Å². The van der Waals surface area contributed by atoms with Crippen LogP contribution < -0.4 is 10.6 Å². The largest absolute Gasteiger partial charge is 0.338 e. The molecule has 0 heterocycles. The summed E-state index contributed by atoms with van der Waals surface area (Å²) >= 11 is 0. The van der Waals surface area contributed by atoms with Crippen LogP contribution in [0.1, 0.15) is 31.9 Å². The first-order valence-corrected chi connectivity index (χ1v) is 6.44. The van der Waals surface area contributed by atoms with Crippen LogP contribution in [0.15, 0.2) is 24.3 Å². The number of rotatable bonds is 4. The predicted octanol–water partition coefficient (Wildman–Crippen LogP) is 2.88. The van der Waals surface area contributed by atoms with Crippen molar-refractivity contribution in [3.63, 3.8) is 0 Å². The molecule has 0 bridgehead atoms. The van der Waals surface area contributed by atoms with Crippen LogP contribution in [0, 0.1) is 12.3 Å². The first-order chi connectivity index (χ1) is 8.37. The minimum Gasteiger partial charge on any atom is -0.338 e. The van der Waals surface area contributed by atoms with Crippen LogP contribution >= 0.6 is 0 Å². The summed E-state index contributed by atoms with van der Waals surface area (Å²) in [5.74, 6) is 0. The Balaban J connectivity index is 2.21. The molecular weight excluding hydrogens is 224 g/mol. The molecule has 0 fully saturated rings. The lowest BCUT2D eigenvalue weighted by Crippen LogP contribution is -2.40. The van der Waals surface area contributed by atoms with Crippen molar-refractivity contribution in [3.05, 3.63) is 35.4 Å². The maximum atomic E-state index is 11.5. The molecule has 0 unspecified atom stereocenters. The van der Waals surface area contributed by atoms with E-state index >= 15 is 0 Å². The average Bonchev–Trinajstić information content (AvgIpc) is 2.28. The molecule has 1 aromatic rings. The van der Waals surface area contributed by atoms with Gasteiger partial charge in [0.05, 0.1) is 0 Å². The molecule has 2 N–H and O–H groups in total. The van der Waals surface area contributed by atoms with Gasteiger partial charge in [0.15, 0.2) is 0 Å². The van der Waals surface area contributed by atoms with Gasteiger partial charge < -0.3 is 10.6 Å². The zero-order valence-electron chi connectivity index (χ0n) is 11.8. The van der Waals surface area contributed by atoms with E-state index in [9.17, 15) is 4.79 Å². The molecule has 1 rings (SSSR count). The number of aryl methyl sites for hydroxylation is 1. The fourth-order valence-electron chi connectivity index (χ4n) is 1.48. The Hall–Kier alpha value is -1.51. The van der Waals surface area contributed by atoms with E-state index in [1.165, 1.54) is 11.1 Å². The number of hydrogen-bond donors (Lipinski definition) is 2. The summed E-state index contributed by atoms with van der Waals surface area (Å²) in [6.07, 6.45) is 0.864. The van der Waals surface area contributed by atoms with Crippen molar-refractivity contribution in [2.75, 3.05) is 13.1 Å². The molecule has 3 heteroatoms. The van der Waals surface area contributed by atoms with Crippen LogP contribution in [0.2, 0.25) is 0 Å². The van der Waals surface area contributed by atoms with Gasteiger partial charge in [-0.3, -0.25) is 0 Å². The van der Waals surface area contributed by atoms with E-state index < -0.39 is 0 Å². The monoisotopic (exact) mass is 248 g/mol. The minimum atomic E-state index is -0.0861. The molecule has 0 spiro atoms. The Kier molecular flexibility index (Phi) is 5.20. The van der Waals surface area contributed by atoms with Gasteiger partial charge in [-0.15, -0.1) is 0 Å². The number of urea groups is 1. The fraction of sp³-hybridized carbons (Fsp3) is 0.533. The molecule has 0 saturated heterocycles. The minimum absolute atomic E-state index is 0.0861.